The molecule has 0 saturated carbocycles. The number of nitro benzene ring substituents is 1. The second-order valence-corrected chi connectivity index (χ2v) is 3.91. The van der Waals surface area contributed by atoms with E-state index in [1.807, 2.05) is 6.07 Å². The van der Waals surface area contributed by atoms with Crippen molar-refractivity contribution in [2.45, 2.75) is 0 Å². The summed E-state index contributed by atoms with van der Waals surface area (Å²) in [6, 6.07) is 7.73. The van der Waals surface area contributed by atoms with Gasteiger partial charge in [-0.15, -0.1) is 0 Å². The first-order chi connectivity index (χ1) is 9.61. The van der Waals surface area contributed by atoms with E-state index in [0.717, 1.165) is 0 Å². The third-order valence-electron chi connectivity index (χ3n) is 2.63. The van der Waals surface area contributed by atoms with E-state index in [2.05, 4.69) is 4.98 Å². The summed E-state index contributed by atoms with van der Waals surface area (Å²) in [5.41, 5.74) is 1.35. The number of aromatic nitrogens is 1. The summed E-state index contributed by atoms with van der Waals surface area (Å²) in [4.78, 5) is 13.8. The molecule has 0 saturated heterocycles. The molecule has 0 radical (unpaired) electrons. The van der Waals surface area contributed by atoms with E-state index in [4.69, 9.17) is 5.26 Å². The first kappa shape index (κ1) is 13.2. The van der Waals surface area contributed by atoms with Gasteiger partial charge in [0.2, 0.25) is 0 Å². The van der Waals surface area contributed by atoms with Gasteiger partial charge in [-0.05, 0) is 29.3 Å². The number of nitriles is 1. The lowest BCUT2D eigenvalue weighted by Gasteiger charge is -1.99. The van der Waals surface area contributed by atoms with Crippen LogP contribution in [0.25, 0.3) is 12.2 Å². The molecule has 0 spiro atoms. The summed E-state index contributed by atoms with van der Waals surface area (Å²) in [7, 11) is 0. The average Bonchev–Trinajstić information content (AvgIpc) is 2.45. The second-order valence-electron chi connectivity index (χ2n) is 3.91. The lowest BCUT2D eigenvalue weighted by molar-refractivity contribution is -0.385. The van der Waals surface area contributed by atoms with E-state index >= 15 is 0 Å². The van der Waals surface area contributed by atoms with Gasteiger partial charge in [0.25, 0.3) is 0 Å². The Hall–Kier alpha value is -3.20. The van der Waals surface area contributed by atoms with Gasteiger partial charge < -0.3 is 5.11 Å². The molecule has 0 aliphatic carbocycles. The van der Waals surface area contributed by atoms with Crippen molar-refractivity contribution in [3.63, 3.8) is 0 Å². The molecule has 0 amide bonds. The summed E-state index contributed by atoms with van der Waals surface area (Å²) in [5, 5.41) is 29.0. The quantitative estimate of drug-likeness (QED) is 0.680. The van der Waals surface area contributed by atoms with Gasteiger partial charge in [-0.2, -0.15) is 5.26 Å². The van der Waals surface area contributed by atoms with E-state index in [0.29, 0.717) is 16.7 Å². The van der Waals surface area contributed by atoms with Crippen LogP contribution in [-0.2, 0) is 0 Å². The number of pyridine rings is 1. The van der Waals surface area contributed by atoms with Crippen molar-refractivity contribution in [1.29, 1.82) is 5.26 Å². The monoisotopic (exact) mass is 267 g/mol. The van der Waals surface area contributed by atoms with Crippen LogP contribution >= 0.6 is 0 Å². The van der Waals surface area contributed by atoms with E-state index in [1.165, 1.54) is 24.4 Å². The zero-order chi connectivity index (χ0) is 14.5. The van der Waals surface area contributed by atoms with E-state index < -0.39 is 10.7 Å². The van der Waals surface area contributed by atoms with Crippen LogP contribution in [0.15, 0.2) is 36.7 Å². The minimum atomic E-state index is -0.653. The van der Waals surface area contributed by atoms with Crippen molar-refractivity contribution in [1.82, 2.24) is 4.98 Å². The highest BCUT2D eigenvalue weighted by atomic mass is 16.6. The van der Waals surface area contributed by atoms with Crippen molar-refractivity contribution in [2.24, 2.45) is 0 Å². The van der Waals surface area contributed by atoms with Gasteiger partial charge in [0.1, 0.15) is 6.07 Å². The maximum Gasteiger partial charge on any atom is 0.310 e. The molecule has 1 N–H and O–H groups in total. The fourth-order valence-electron chi connectivity index (χ4n) is 1.63. The number of rotatable bonds is 3. The zero-order valence-electron chi connectivity index (χ0n) is 10.2. The number of hydrogen-bond donors (Lipinski definition) is 1. The Balaban J connectivity index is 2.31. The van der Waals surface area contributed by atoms with Crippen LogP contribution in [0.3, 0.4) is 0 Å². The van der Waals surface area contributed by atoms with E-state index in [-0.39, 0.29) is 5.69 Å². The Kier molecular flexibility index (Phi) is 3.72. The first-order valence-electron chi connectivity index (χ1n) is 5.61. The van der Waals surface area contributed by atoms with Gasteiger partial charge in [0, 0.05) is 18.5 Å². The Morgan fingerprint density at radius 2 is 2.15 bits per heavy atom. The van der Waals surface area contributed by atoms with Crippen LogP contribution in [0.5, 0.6) is 5.75 Å². The molecule has 6 heteroatoms. The molecule has 0 unspecified atom stereocenters. The van der Waals surface area contributed by atoms with Gasteiger partial charge in [-0.3, -0.25) is 15.1 Å². The van der Waals surface area contributed by atoms with E-state index in [9.17, 15) is 15.2 Å². The predicted molar refractivity (Wildman–Crippen MR) is 72.6 cm³/mol. The summed E-state index contributed by atoms with van der Waals surface area (Å²) >= 11 is 0. The molecule has 98 valence electrons. The topological polar surface area (TPSA) is 100 Å². The maximum absolute atomic E-state index is 10.6. The largest absolute Gasteiger partial charge is 0.502 e. The SMILES string of the molecule is N#Cc1cnccc1/C=C/c1ccc([N+](=O)[O-])c(O)c1. The Morgan fingerprint density at radius 3 is 2.80 bits per heavy atom. The van der Waals surface area contributed by atoms with Crippen molar-refractivity contribution in [3.8, 4) is 11.8 Å². The highest BCUT2D eigenvalue weighted by molar-refractivity contribution is 5.73. The van der Waals surface area contributed by atoms with Gasteiger partial charge in [0.05, 0.1) is 10.5 Å². The van der Waals surface area contributed by atoms with Crippen molar-refractivity contribution < 1.29 is 10.0 Å². The van der Waals surface area contributed by atoms with Crippen LogP contribution in [0.4, 0.5) is 5.69 Å². The maximum atomic E-state index is 10.6. The lowest BCUT2D eigenvalue weighted by atomic mass is 10.1. The Labute approximate surface area is 114 Å². The van der Waals surface area contributed by atoms with Crippen LogP contribution in [0.1, 0.15) is 16.7 Å². The summed E-state index contributed by atoms with van der Waals surface area (Å²) in [6.07, 6.45) is 6.35. The molecule has 0 aliphatic rings. The number of aromatic hydroxyl groups is 1. The third-order valence-corrected chi connectivity index (χ3v) is 2.63. The van der Waals surface area contributed by atoms with Gasteiger partial charge in [0.15, 0.2) is 5.75 Å². The molecular weight excluding hydrogens is 258 g/mol. The molecule has 1 aromatic heterocycles. The van der Waals surface area contributed by atoms with Crippen molar-refractivity contribution >= 4 is 17.8 Å². The minimum Gasteiger partial charge on any atom is -0.502 e. The molecule has 20 heavy (non-hydrogen) atoms. The molecule has 6 nitrogen and oxygen atoms in total. The number of nitro groups is 1. The zero-order valence-corrected chi connectivity index (χ0v) is 10.2. The summed E-state index contributed by atoms with van der Waals surface area (Å²) in [5.74, 6) is -0.396. The van der Waals surface area contributed by atoms with Gasteiger partial charge in [-0.25, -0.2) is 0 Å². The summed E-state index contributed by atoms with van der Waals surface area (Å²) < 4.78 is 0. The van der Waals surface area contributed by atoms with Crippen LogP contribution in [0, 0.1) is 21.4 Å². The minimum absolute atomic E-state index is 0.344. The number of benzene rings is 1. The molecule has 0 bridgehead atoms. The van der Waals surface area contributed by atoms with Crippen LogP contribution in [-0.4, -0.2) is 15.0 Å². The predicted octanol–water partition coefficient (Wildman–Crippen LogP) is 2.74. The van der Waals surface area contributed by atoms with Crippen LogP contribution < -0.4 is 0 Å². The fourth-order valence-corrected chi connectivity index (χ4v) is 1.63. The lowest BCUT2D eigenvalue weighted by Crippen LogP contribution is -1.88. The third kappa shape index (κ3) is 2.79. The van der Waals surface area contributed by atoms with Crippen molar-refractivity contribution in [3.05, 3.63) is 63.5 Å². The first-order valence-corrected chi connectivity index (χ1v) is 5.61. The molecule has 0 atom stereocenters. The van der Waals surface area contributed by atoms with Gasteiger partial charge >= 0.3 is 5.69 Å². The molecule has 1 aromatic carbocycles. The second kappa shape index (κ2) is 5.63. The van der Waals surface area contributed by atoms with Gasteiger partial charge in [-0.1, -0.05) is 12.2 Å². The number of hydrogen-bond acceptors (Lipinski definition) is 5. The normalized spacial score (nSPS) is 10.3. The number of phenols is 1. The Morgan fingerprint density at radius 1 is 1.35 bits per heavy atom. The van der Waals surface area contributed by atoms with Crippen molar-refractivity contribution in [2.75, 3.05) is 0 Å². The highest BCUT2D eigenvalue weighted by Crippen LogP contribution is 2.27. The highest BCUT2D eigenvalue weighted by Gasteiger charge is 2.11. The molecule has 2 aromatic rings. The van der Waals surface area contributed by atoms with Crippen LogP contribution in [0.2, 0.25) is 0 Å². The molecular formula is C14H9N3O3. The number of nitrogens with zero attached hydrogens (tertiary/aromatic N) is 3. The number of phenolic OH excluding ortho intramolecular Hbond substituents is 1. The molecule has 0 aliphatic heterocycles. The molecule has 1 heterocycles. The molecule has 0 fully saturated rings. The standard InChI is InChI=1S/C14H9N3O3/c15-8-12-9-16-6-5-11(12)3-1-10-2-4-13(17(19)20)14(18)7-10/h1-7,9,18H/b3-1+. The van der Waals surface area contributed by atoms with E-state index in [1.54, 1.807) is 24.4 Å². The smallest absolute Gasteiger partial charge is 0.310 e. The Bertz CT molecular complexity index is 733. The molecule has 2 rings (SSSR count). The summed E-state index contributed by atoms with van der Waals surface area (Å²) in [6.45, 7) is 0. The fraction of sp³-hybridized carbons (Fsp3) is 0. The average molecular weight is 267 g/mol.